The van der Waals surface area contributed by atoms with Crippen LogP contribution in [0, 0.1) is 0 Å². The van der Waals surface area contributed by atoms with Crippen molar-refractivity contribution in [3.05, 3.63) is 54.6 Å². The highest BCUT2D eigenvalue weighted by Crippen LogP contribution is 2.64. The Morgan fingerprint density at radius 2 is 1.36 bits per heavy atom. The molecule has 0 amide bonds. The number of hydrogen-bond donors (Lipinski definition) is 6. The molecule has 192 valence electrons. The van der Waals surface area contributed by atoms with Crippen LogP contribution in [0.25, 0.3) is 32.3 Å². The summed E-state index contributed by atoms with van der Waals surface area (Å²) in [5.74, 6) is 0.0588. The summed E-state index contributed by atoms with van der Waals surface area (Å²) in [7, 11) is -4.94. The smallest absolute Gasteiger partial charge is 0.416 e. The van der Waals surface area contributed by atoms with E-state index in [-0.39, 0.29) is 12.4 Å². The number of unbranched alkanes of at least 4 members (excludes halogenated alkanes) is 1. The lowest BCUT2D eigenvalue weighted by Crippen LogP contribution is -2.70. The van der Waals surface area contributed by atoms with Crippen molar-refractivity contribution in [3.63, 3.8) is 0 Å². The van der Waals surface area contributed by atoms with Crippen LogP contribution < -0.4 is 4.52 Å². The second-order valence-corrected chi connectivity index (χ2v) is 11.5. The van der Waals surface area contributed by atoms with Crippen LogP contribution in [0.2, 0.25) is 0 Å². The van der Waals surface area contributed by atoms with Gasteiger partial charge in [-0.25, -0.2) is 4.57 Å². The summed E-state index contributed by atoms with van der Waals surface area (Å²) in [5, 5.41) is 65.4. The van der Waals surface area contributed by atoms with Crippen molar-refractivity contribution in [2.75, 3.05) is 6.61 Å². The Morgan fingerprint density at radius 3 is 1.97 bits per heavy atom. The Labute approximate surface area is 207 Å². The van der Waals surface area contributed by atoms with E-state index in [1.807, 2.05) is 43.3 Å². The summed E-state index contributed by atoms with van der Waals surface area (Å²) in [4.78, 5) is 0. The van der Waals surface area contributed by atoms with Gasteiger partial charge >= 0.3 is 7.60 Å². The van der Waals surface area contributed by atoms with Crippen LogP contribution in [-0.4, -0.2) is 73.1 Å². The fourth-order valence-electron chi connectivity index (χ4n) is 5.03. The number of aliphatic hydroxyl groups excluding tert-OH is 5. The first-order valence-electron chi connectivity index (χ1n) is 11.9. The quantitative estimate of drug-likeness (QED) is 0.123. The fraction of sp³-hybridized carbons (Fsp3) is 0.385. The lowest BCUT2D eigenvalue weighted by Gasteiger charge is -2.48. The fourth-order valence-corrected chi connectivity index (χ4v) is 7.17. The molecule has 0 saturated heterocycles. The van der Waals surface area contributed by atoms with Crippen molar-refractivity contribution in [3.8, 4) is 5.75 Å². The molecule has 1 aliphatic carbocycles. The van der Waals surface area contributed by atoms with Crippen LogP contribution >= 0.6 is 7.60 Å². The van der Waals surface area contributed by atoms with E-state index in [4.69, 9.17) is 9.05 Å². The average Bonchev–Trinajstić information content (AvgIpc) is 2.89. The highest BCUT2D eigenvalue weighted by atomic mass is 31.2. The minimum atomic E-state index is -4.94. The number of rotatable bonds is 7. The zero-order chi connectivity index (χ0) is 25.8. The first kappa shape index (κ1) is 25.3. The molecule has 0 heterocycles. The lowest BCUT2D eigenvalue weighted by atomic mass is 9.84. The molecule has 10 heteroatoms. The van der Waals surface area contributed by atoms with Crippen molar-refractivity contribution >= 4 is 39.9 Å². The molecule has 3 unspecified atom stereocenters. The molecular formula is C26H29O9P. The van der Waals surface area contributed by atoms with Crippen LogP contribution in [-0.2, 0) is 9.09 Å². The van der Waals surface area contributed by atoms with Crippen LogP contribution in [0.15, 0.2) is 54.6 Å². The maximum Gasteiger partial charge on any atom is 0.416 e. The van der Waals surface area contributed by atoms with E-state index in [2.05, 4.69) is 0 Å². The summed E-state index contributed by atoms with van der Waals surface area (Å²) < 4.78 is 25.7. The van der Waals surface area contributed by atoms with E-state index in [1.54, 1.807) is 18.2 Å². The van der Waals surface area contributed by atoms with Gasteiger partial charge in [0, 0.05) is 10.8 Å². The summed E-state index contributed by atoms with van der Waals surface area (Å²) in [6, 6.07) is 16.8. The highest BCUT2D eigenvalue weighted by molar-refractivity contribution is 7.56. The average molecular weight is 516 g/mol. The first-order valence-corrected chi connectivity index (χ1v) is 13.4. The predicted octanol–water partition coefficient (Wildman–Crippen LogP) is 2.48. The van der Waals surface area contributed by atoms with E-state index < -0.39 is 43.5 Å². The van der Waals surface area contributed by atoms with Gasteiger partial charge in [-0.2, -0.15) is 0 Å². The maximum atomic E-state index is 14.3. The molecule has 0 spiro atoms. The van der Waals surface area contributed by atoms with Gasteiger partial charge in [-0.3, -0.25) is 4.52 Å². The van der Waals surface area contributed by atoms with Gasteiger partial charge in [0.25, 0.3) is 0 Å². The number of hydrogen-bond acceptors (Lipinski definition) is 9. The Kier molecular flexibility index (Phi) is 6.47. The molecule has 0 aliphatic heterocycles. The molecule has 7 atom stereocenters. The van der Waals surface area contributed by atoms with Crippen molar-refractivity contribution in [2.24, 2.45) is 0 Å². The molecule has 1 aliphatic rings. The molecule has 4 aromatic rings. The molecule has 1 saturated carbocycles. The third-order valence-electron chi connectivity index (χ3n) is 7.12. The van der Waals surface area contributed by atoms with Crippen molar-refractivity contribution in [2.45, 2.75) is 55.6 Å². The van der Waals surface area contributed by atoms with Crippen molar-refractivity contribution in [1.29, 1.82) is 0 Å². The number of aliphatic hydroxyl groups is 6. The monoisotopic (exact) mass is 516 g/mol. The van der Waals surface area contributed by atoms with Crippen LogP contribution in [0.3, 0.4) is 0 Å². The molecule has 1 fully saturated rings. The summed E-state index contributed by atoms with van der Waals surface area (Å²) in [5.41, 5.74) is 0. The minimum Gasteiger partial charge on any atom is -0.422 e. The standard InChI is InChI=1S/C26H29O9P/c1-2-3-13-34-36(33,26(32)24(30)22(28)21(27)23(29)25(26)31)35-18-12-10-16-8-7-14-5-4-6-15-9-11-17(18)20(16)19(14)15/h4-12,21-25,27-32H,2-3,13H2,1H3/t21?,22-,23+,24-,25-,26?,36?/m1/s1. The van der Waals surface area contributed by atoms with E-state index in [0.29, 0.717) is 18.2 Å². The van der Waals surface area contributed by atoms with Gasteiger partial charge in [-0.05, 0) is 40.1 Å². The van der Waals surface area contributed by atoms with Gasteiger partial charge in [-0.15, -0.1) is 0 Å². The minimum absolute atomic E-state index is 0.0588. The van der Waals surface area contributed by atoms with E-state index >= 15 is 0 Å². The second kappa shape index (κ2) is 9.20. The molecule has 6 N–H and O–H groups in total. The molecule has 0 radical (unpaired) electrons. The molecule has 36 heavy (non-hydrogen) atoms. The summed E-state index contributed by atoms with van der Waals surface area (Å²) in [6.45, 7) is 1.70. The molecule has 0 aromatic heterocycles. The molecule has 0 bridgehead atoms. The van der Waals surface area contributed by atoms with Gasteiger partial charge in [0.1, 0.15) is 36.3 Å². The van der Waals surface area contributed by atoms with Crippen LogP contribution in [0.4, 0.5) is 0 Å². The summed E-state index contributed by atoms with van der Waals surface area (Å²) >= 11 is 0. The SMILES string of the molecule is CCCCOP(=O)(Oc1ccc2ccc3cccc4ccc1c2c34)C1(O)[C@H](O)[C@H](O)C(O)[C@H](O)[C@H]1O. The topological polar surface area (TPSA) is 157 Å². The third kappa shape index (κ3) is 3.62. The zero-order valence-electron chi connectivity index (χ0n) is 19.6. The zero-order valence-corrected chi connectivity index (χ0v) is 20.5. The molecular weight excluding hydrogens is 487 g/mol. The Bertz CT molecular complexity index is 1410. The van der Waals surface area contributed by atoms with Crippen molar-refractivity contribution < 1.29 is 44.3 Å². The predicted molar refractivity (Wildman–Crippen MR) is 134 cm³/mol. The van der Waals surface area contributed by atoms with Crippen LogP contribution in [0.5, 0.6) is 5.75 Å². The largest absolute Gasteiger partial charge is 0.422 e. The van der Waals surface area contributed by atoms with E-state index in [1.165, 1.54) is 0 Å². The Balaban J connectivity index is 1.67. The molecule has 4 aromatic carbocycles. The van der Waals surface area contributed by atoms with Gasteiger partial charge in [0.2, 0.25) is 5.34 Å². The normalized spacial score (nSPS) is 30.7. The highest BCUT2D eigenvalue weighted by Gasteiger charge is 2.69. The number of benzene rings is 4. The van der Waals surface area contributed by atoms with E-state index in [9.17, 15) is 35.2 Å². The maximum absolute atomic E-state index is 14.3. The molecule has 9 nitrogen and oxygen atoms in total. The second-order valence-electron chi connectivity index (χ2n) is 9.34. The summed E-state index contributed by atoms with van der Waals surface area (Å²) in [6.07, 6.45) is -9.87. The lowest BCUT2D eigenvalue weighted by molar-refractivity contribution is -0.243. The van der Waals surface area contributed by atoms with E-state index in [0.717, 1.165) is 26.9 Å². The third-order valence-corrected chi connectivity index (χ3v) is 9.49. The van der Waals surface area contributed by atoms with Crippen molar-refractivity contribution in [1.82, 2.24) is 0 Å². The van der Waals surface area contributed by atoms with Gasteiger partial charge in [0.05, 0.1) is 6.61 Å². The van der Waals surface area contributed by atoms with Gasteiger partial charge in [0.15, 0.2) is 0 Å². The molecule has 5 rings (SSSR count). The van der Waals surface area contributed by atoms with Gasteiger partial charge in [-0.1, -0.05) is 55.8 Å². The Morgan fingerprint density at radius 1 is 0.806 bits per heavy atom. The first-order chi connectivity index (χ1) is 17.1. The van der Waals surface area contributed by atoms with Gasteiger partial charge < -0.3 is 35.2 Å². The Hall–Kier alpha value is -2.33. The van der Waals surface area contributed by atoms with Crippen LogP contribution in [0.1, 0.15) is 19.8 Å².